The summed E-state index contributed by atoms with van der Waals surface area (Å²) in [6.07, 6.45) is 13.2. The zero-order valence-electron chi connectivity index (χ0n) is 16.0. The van der Waals surface area contributed by atoms with Crippen molar-refractivity contribution in [3.8, 4) is 0 Å². The Bertz CT molecular complexity index is 493. The van der Waals surface area contributed by atoms with Gasteiger partial charge in [0.25, 0.3) is 3.93 Å². The Hall–Kier alpha value is 0.837. The minimum absolute atomic E-state index is 0.473. The Morgan fingerprint density at radius 2 is 1.62 bits per heavy atom. The van der Waals surface area contributed by atoms with E-state index in [1.807, 2.05) is 0 Å². The highest BCUT2D eigenvalue weighted by Crippen LogP contribution is 2.35. The van der Waals surface area contributed by atoms with E-state index in [1.54, 1.807) is 0 Å². The molecule has 1 saturated carbocycles. The van der Waals surface area contributed by atoms with Gasteiger partial charge in [-0.25, -0.2) is 0 Å². The van der Waals surface area contributed by atoms with Crippen LogP contribution in [-0.2, 0) is 11.2 Å². The van der Waals surface area contributed by atoms with Crippen LogP contribution in [0, 0.1) is 0 Å². The van der Waals surface area contributed by atoms with E-state index >= 15 is 0 Å². The fourth-order valence-corrected chi connectivity index (χ4v) is 6.87. The summed E-state index contributed by atoms with van der Waals surface area (Å²) in [5, 5.41) is 0. The summed E-state index contributed by atoms with van der Waals surface area (Å²) in [6, 6.07) is 10.6. The molecule has 0 atom stereocenters. The second kappa shape index (κ2) is 12.4. The second-order valence-electron chi connectivity index (χ2n) is 7.62. The molecule has 1 nitrogen and oxygen atoms in total. The molecule has 0 radical (unpaired) electrons. The molecule has 0 aromatic heterocycles. The third-order valence-electron chi connectivity index (χ3n) is 5.40. The predicted octanol–water partition coefficient (Wildman–Crippen LogP) is 8.37. The van der Waals surface area contributed by atoms with Gasteiger partial charge in [0.05, 0.1) is 6.10 Å². The molecule has 2 rings (SSSR count). The van der Waals surface area contributed by atoms with Crippen LogP contribution in [0.2, 0.25) is 6.04 Å². The topological polar surface area (TPSA) is 9.23 Å². The smallest absolute Gasteiger partial charge is 0.267 e. The molecule has 1 fully saturated rings. The summed E-state index contributed by atoms with van der Waals surface area (Å²) in [5.41, 5.74) is 3.04. The van der Waals surface area contributed by atoms with E-state index in [0.29, 0.717) is 6.10 Å². The summed E-state index contributed by atoms with van der Waals surface area (Å²) < 4.78 is 4.65. The first-order valence-electron chi connectivity index (χ1n) is 10.2. The number of unbranched alkanes of at least 4 members (excludes halogenated alkanes) is 3. The van der Waals surface area contributed by atoms with E-state index in [4.69, 9.17) is 4.74 Å². The SMILES string of the molecule is CCCCCCc1ccc([C@H]2CC[C@H](OCCC[Si](Br)(Br)Br)CC2)cc1. The molecule has 1 aliphatic rings. The zero-order valence-corrected chi connectivity index (χ0v) is 21.7. The van der Waals surface area contributed by atoms with Crippen LogP contribution in [0.5, 0.6) is 0 Å². The standard InChI is InChI=1S/C21H33Br3OSi/c1-2-3-4-5-7-18-8-10-19(11-9-18)20-12-14-21(15-13-20)25-16-6-17-26(22,23)24/h8-11,20-21H,2-7,12-17H2,1H3/t20-,21-. The van der Waals surface area contributed by atoms with Crippen molar-refractivity contribution in [2.24, 2.45) is 0 Å². The summed E-state index contributed by atoms with van der Waals surface area (Å²) in [6.45, 7) is 3.16. The molecule has 0 N–H and O–H groups in total. The second-order valence-corrected chi connectivity index (χ2v) is 31.1. The van der Waals surface area contributed by atoms with Gasteiger partial charge in [0, 0.05) is 6.61 Å². The lowest BCUT2D eigenvalue weighted by Gasteiger charge is -2.29. The van der Waals surface area contributed by atoms with Gasteiger partial charge < -0.3 is 4.74 Å². The highest BCUT2D eigenvalue weighted by atomic mass is 80.0. The normalized spacial score (nSPS) is 21.1. The van der Waals surface area contributed by atoms with Crippen LogP contribution < -0.4 is 0 Å². The molecule has 0 bridgehead atoms. The van der Waals surface area contributed by atoms with E-state index in [9.17, 15) is 0 Å². The van der Waals surface area contributed by atoms with Gasteiger partial charge in [-0.2, -0.15) is 0 Å². The molecule has 1 aromatic carbocycles. The zero-order chi connectivity index (χ0) is 18.8. The van der Waals surface area contributed by atoms with Crippen molar-refractivity contribution in [1.29, 1.82) is 0 Å². The van der Waals surface area contributed by atoms with Crippen LogP contribution in [0.1, 0.15) is 81.8 Å². The average Bonchev–Trinajstić information content (AvgIpc) is 2.63. The van der Waals surface area contributed by atoms with Gasteiger partial charge in [-0.1, -0.05) is 96.3 Å². The molecule has 0 aliphatic heterocycles. The van der Waals surface area contributed by atoms with Gasteiger partial charge in [0.2, 0.25) is 0 Å². The molecule has 0 spiro atoms. The van der Waals surface area contributed by atoms with Crippen molar-refractivity contribution < 1.29 is 4.74 Å². The van der Waals surface area contributed by atoms with Crippen LogP contribution in [0.4, 0.5) is 0 Å². The number of halogens is 3. The summed E-state index contributed by atoms with van der Waals surface area (Å²) in [7, 11) is 0. The van der Waals surface area contributed by atoms with Crippen LogP contribution in [0.25, 0.3) is 0 Å². The van der Waals surface area contributed by atoms with Gasteiger partial charge in [-0.3, -0.25) is 0 Å². The molecule has 1 aliphatic carbocycles. The van der Waals surface area contributed by atoms with E-state index in [-0.39, 0.29) is 0 Å². The van der Waals surface area contributed by atoms with Crippen molar-refractivity contribution in [3.05, 3.63) is 35.4 Å². The Kier molecular flexibility index (Phi) is 11.0. The van der Waals surface area contributed by atoms with E-state index in [2.05, 4.69) is 77.1 Å². The first-order chi connectivity index (χ1) is 12.5. The van der Waals surface area contributed by atoms with Crippen LogP contribution in [-0.4, -0.2) is 16.6 Å². The van der Waals surface area contributed by atoms with E-state index in [1.165, 1.54) is 68.9 Å². The number of ether oxygens (including phenoxy) is 1. The highest BCUT2D eigenvalue weighted by Gasteiger charge is 2.24. The van der Waals surface area contributed by atoms with Crippen molar-refractivity contribution in [2.45, 2.75) is 89.2 Å². The lowest BCUT2D eigenvalue weighted by Crippen LogP contribution is -2.21. The lowest BCUT2D eigenvalue weighted by atomic mass is 9.82. The van der Waals surface area contributed by atoms with Gasteiger partial charge in [-0.05, 0) is 68.0 Å². The third-order valence-corrected chi connectivity index (χ3v) is 9.89. The Morgan fingerprint density at radius 1 is 0.923 bits per heavy atom. The average molecular weight is 569 g/mol. The number of hydrogen-bond acceptors (Lipinski definition) is 1. The molecule has 1 aromatic rings. The largest absolute Gasteiger partial charge is 0.378 e. The molecule has 0 heterocycles. The van der Waals surface area contributed by atoms with E-state index < -0.39 is 3.93 Å². The third kappa shape index (κ3) is 9.36. The Morgan fingerprint density at radius 3 is 2.23 bits per heavy atom. The highest BCUT2D eigenvalue weighted by molar-refractivity contribution is 9.72. The summed E-state index contributed by atoms with van der Waals surface area (Å²) in [5.74, 6) is 0.733. The fraction of sp³-hybridized carbons (Fsp3) is 0.714. The maximum Gasteiger partial charge on any atom is 0.267 e. The summed E-state index contributed by atoms with van der Waals surface area (Å²) in [4.78, 5) is 0. The van der Waals surface area contributed by atoms with Crippen molar-refractivity contribution in [2.75, 3.05) is 6.61 Å². The van der Waals surface area contributed by atoms with Crippen LogP contribution >= 0.6 is 45.9 Å². The molecular formula is C21H33Br3OSi. The minimum atomic E-state index is -1.46. The van der Waals surface area contributed by atoms with Crippen molar-refractivity contribution in [3.63, 3.8) is 0 Å². The first kappa shape index (κ1) is 23.1. The van der Waals surface area contributed by atoms with Crippen LogP contribution in [0.15, 0.2) is 24.3 Å². The van der Waals surface area contributed by atoms with Crippen molar-refractivity contribution >= 4 is 49.8 Å². The van der Waals surface area contributed by atoms with Gasteiger partial charge in [0.1, 0.15) is 0 Å². The molecule has 5 heteroatoms. The Labute approximate surface area is 184 Å². The quantitative estimate of drug-likeness (QED) is 0.148. The fourth-order valence-electron chi connectivity index (χ4n) is 3.80. The molecule has 0 amide bonds. The number of hydrogen-bond donors (Lipinski definition) is 0. The molecule has 0 unspecified atom stereocenters. The maximum absolute atomic E-state index is 6.11. The molecular weight excluding hydrogens is 536 g/mol. The molecule has 148 valence electrons. The minimum Gasteiger partial charge on any atom is -0.378 e. The van der Waals surface area contributed by atoms with Crippen LogP contribution in [0.3, 0.4) is 0 Å². The van der Waals surface area contributed by atoms with Crippen molar-refractivity contribution in [1.82, 2.24) is 0 Å². The number of aryl methyl sites for hydroxylation is 1. The molecule has 26 heavy (non-hydrogen) atoms. The van der Waals surface area contributed by atoms with Gasteiger partial charge >= 0.3 is 0 Å². The number of benzene rings is 1. The summed E-state index contributed by atoms with van der Waals surface area (Å²) >= 11 is 11.0. The van der Waals surface area contributed by atoms with Gasteiger partial charge in [-0.15, -0.1) is 0 Å². The molecule has 0 saturated heterocycles. The van der Waals surface area contributed by atoms with Gasteiger partial charge in [0.15, 0.2) is 0 Å². The van der Waals surface area contributed by atoms with E-state index in [0.717, 1.165) is 25.0 Å². The Balaban J connectivity index is 1.65. The monoisotopic (exact) mass is 566 g/mol. The first-order valence-corrected chi connectivity index (χ1v) is 19.2. The predicted molar refractivity (Wildman–Crippen MR) is 127 cm³/mol. The lowest BCUT2D eigenvalue weighted by molar-refractivity contribution is 0.0251. The number of rotatable bonds is 11. The maximum atomic E-state index is 6.11.